The van der Waals surface area contributed by atoms with E-state index in [4.69, 9.17) is 5.84 Å². The average molecular weight is 140 g/mol. The number of nitrogens with zero attached hydrogens (tertiary/aromatic N) is 2. The minimum Gasteiger partial charge on any atom is -0.328 e. The Morgan fingerprint density at radius 3 is 3.10 bits per heavy atom. The molecule has 0 saturated heterocycles. The van der Waals surface area contributed by atoms with Crippen molar-refractivity contribution >= 4 is 5.91 Å². The van der Waals surface area contributed by atoms with E-state index < -0.39 is 0 Å². The molecule has 54 valence electrons. The number of rotatable bonds is 2. The minimum atomic E-state index is -0.238. The van der Waals surface area contributed by atoms with E-state index in [0.29, 0.717) is 0 Å². The summed E-state index contributed by atoms with van der Waals surface area (Å²) in [6.07, 6.45) is 4.84. The first-order valence-electron chi connectivity index (χ1n) is 2.78. The van der Waals surface area contributed by atoms with Gasteiger partial charge in [-0.2, -0.15) is 0 Å². The van der Waals surface area contributed by atoms with Crippen LogP contribution in [0.5, 0.6) is 0 Å². The second kappa shape index (κ2) is 2.98. The van der Waals surface area contributed by atoms with Crippen LogP contribution in [0.4, 0.5) is 0 Å². The lowest BCUT2D eigenvalue weighted by Gasteiger charge is -1.97. The molecule has 1 aromatic rings. The number of carbonyl (C=O) groups is 1. The Hall–Kier alpha value is -1.36. The third-order valence-corrected chi connectivity index (χ3v) is 1.05. The van der Waals surface area contributed by atoms with Gasteiger partial charge < -0.3 is 4.57 Å². The molecule has 3 N–H and O–H groups in total. The van der Waals surface area contributed by atoms with Crippen LogP contribution in [0.3, 0.4) is 0 Å². The van der Waals surface area contributed by atoms with Gasteiger partial charge in [0, 0.05) is 12.4 Å². The van der Waals surface area contributed by atoms with Crippen molar-refractivity contribution in [2.75, 3.05) is 0 Å². The fraction of sp³-hybridized carbons (Fsp3) is 0.200. The molecule has 0 atom stereocenters. The van der Waals surface area contributed by atoms with Crippen LogP contribution in [0.25, 0.3) is 0 Å². The summed E-state index contributed by atoms with van der Waals surface area (Å²) in [4.78, 5) is 14.3. The Morgan fingerprint density at radius 2 is 2.60 bits per heavy atom. The standard InChI is InChI=1S/C5H8N4O/c6-8-5(10)3-9-2-1-7-4-9/h1-2,4H,3,6H2,(H,8,10). The normalized spacial score (nSPS) is 9.30. The number of carbonyl (C=O) groups excluding carboxylic acids is 1. The van der Waals surface area contributed by atoms with Gasteiger partial charge in [-0.05, 0) is 0 Å². The van der Waals surface area contributed by atoms with E-state index in [1.54, 1.807) is 23.3 Å². The smallest absolute Gasteiger partial charge is 0.253 e. The van der Waals surface area contributed by atoms with E-state index in [1.165, 1.54) is 0 Å². The van der Waals surface area contributed by atoms with E-state index in [0.717, 1.165) is 0 Å². The highest BCUT2D eigenvalue weighted by molar-refractivity contribution is 5.74. The summed E-state index contributed by atoms with van der Waals surface area (Å²) in [6.45, 7) is 0.219. The average Bonchev–Trinajstić information content (AvgIpc) is 2.40. The van der Waals surface area contributed by atoms with E-state index >= 15 is 0 Å². The van der Waals surface area contributed by atoms with Gasteiger partial charge >= 0.3 is 0 Å². The fourth-order valence-electron chi connectivity index (χ4n) is 0.592. The molecule has 1 rings (SSSR count). The number of hydrogen-bond acceptors (Lipinski definition) is 3. The van der Waals surface area contributed by atoms with Crippen LogP contribution in [0, 0.1) is 0 Å². The van der Waals surface area contributed by atoms with Crippen molar-refractivity contribution in [3.63, 3.8) is 0 Å². The van der Waals surface area contributed by atoms with Gasteiger partial charge in [-0.3, -0.25) is 10.2 Å². The molecule has 1 aromatic heterocycles. The zero-order chi connectivity index (χ0) is 7.40. The largest absolute Gasteiger partial charge is 0.328 e. The van der Waals surface area contributed by atoms with Gasteiger partial charge in [-0.25, -0.2) is 10.8 Å². The molecule has 1 amide bonds. The highest BCUT2D eigenvalue weighted by Gasteiger charge is 1.96. The van der Waals surface area contributed by atoms with Crippen LogP contribution in [0.2, 0.25) is 0 Å². The van der Waals surface area contributed by atoms with Crippen molar-refractivity contribution in [1.82, 2.24) is 15.0 Å². The fourth-order valence-corrected chi connectivity index (χ4v) is 0.592. The molecule has 10 heavy (non-hydrogen) atoms. The molecular formula is C5H8N4O. The summed E-state index contributed by atoms with van der Waals surface area (Å²) in [5, 5.41) is 0. The van der Waals surface area contributed by atoms with Gasteiger partial charge in [-0.15, -0.1) is 0 Å². The maximum absolute atomic E-state index is 10.6. The molecule has 0 aliphatic carbocycles. The van der Waals surface area contributed by atoms with E-state index in [-0.39, 0.29) is 12.5 Å². The lowest BCUT2D eigenvalue weighted by Crippen LogP contribution is -2.32. The number of hydrazine groups is 1. The van der Waals surface area contributed by atoms with Crippen molar-refractivity contribution in [2.24, 2.45) is 5.84 Å². The van der Waals surface area contributed by atoms with Crippen LogP contribution in [-0.2, 0) is 11.3 Å². The van der Waals surface area contributed by atoms with Gasteiger partial charge in [0.2, 0.25) is 0 Å². The van der Waals surface area contributed by atoms with Gasteiger partial charge in [-0.1, -0.05) is 0 Å². The van der Waals surface area contributed by atoms with Crippen molar-refractivity contribution in [3.8, 4) is 0 Å². The number of nitrogens with two attached hydrogens (primary N) is 1. The predicted molar refractivity (Wildman–Crippen MR) is 34.6 cm³/mol. The molecule has 0 radical (unpaired) electrons. The molecular weight excluding hydrogens is 132 g/mol. The predicted octanol–water partition coefficient (Wildman–Crippen LogP) is -1.13. The number of imidazole rings is 1. The van der Waals surface area contributed by atoms with Crippen LogP contribution >= 0.6 is 0 Å². The highest BCUT2D eigenvalue weighted by Crippen LogP contribution is 1.83. The zero-order valence-electron chi connectivity index (χ0n) is 5.32. The third kappa shape index (κ3) is 1.56. The monoisotopic (exact) mass is 140 g/mol. The Kier molecular flexibility index (Phi) is 2.01. The summed E-state index contributed by atoms with van der Waals surface area (Å²) >= 11 is 0. The molecule has 0 aliphatic heterocycles. The molecule has 0 spiro atoms. The van der Waals surface area contributed by atoms with E-state index in [2.05, 4.69) is 4.98 Å². The molecule has 0 unspecified atom stereocenters. The van der Waals surface area contributed by atoms with Crippen LogP contribution in [0.15, 0.2) is 18.7 Å². The molecule has 0 aromatic carbocycles. The molecule has 0 bridgehead atoms. The van der Waals surface area contributed by atoms with Crippen molar-refractivity contribution in [1.29, 1.82) is 0 Å². The van der Waals surface area contributed by atoms with Gasteiger partial charge in [0.25, 0.3) is 5.91 Å². The van der Waals surface area contributed by atoms with E-state index in [9.17, 15) is 4.79 Å². The minimum absolute atomic E-state index is 0.219. The Labute approximate surface area is 57.8 Å². The molecule has 5 nitrogen and oxygen atoms in total. The van der Waals surface area contributed by atoms with Gasteiger partial charge in [0.1, 0.15) is 6.54 Å². The van der Waals surface area contributed by atoms with Gasteiger partial charge in [0.15, 0.2) is 0 Å². The molecule has 1 heterocycles. The first kappa shape index (κ1) is 6.76. The summed E-state index contributed by atoms with van der Waals surface area (Å²) in [5.74, 6) is 4.62. The SMILES string of the molecule is NNC(=O)Cn1ccnc1. The lowest BCUT2D eigenvalue weighted by molar-refractivity contribution is -0.121. The second-order valence-electron chi connectivity index (χ2n) is 1.80. The van der Waals surface area contributed by atoms with Crippen LogP contribution in [-0.4, -0.2) is 15.5 Å². The summed E-state index contributed by atoms with van der Waals surface area (Å²) in [7, 11) is 0. The van der Waals surface area contributed by atoms with Crippen molar-refractivity contribution in [3.05, 3.63) is 18.7 Å². The molecule has 0 aliphatic rings. The Balaban J connectivity index is 2.48. The summed E-state index contributed by atoms with van der Waals surface area (Å²) in [6, 6.07) is 0. The Morgan fingerprint density at radius 1 is 1.80 bits per heavy atom. The number of nitrogens with one attached hydrogen (secondary N) is 1. The quantitative estimate of drug-likeness (QED) is 0.310. The maximum atomic E-state index is 10.6. The van der Waals surface area contributed by atoms with Crippen LogP contribution < -0.4 is 11.3 Å². The summed E-state index contributed by atoms with van der Waals surface area (Å²) < 4.78 is 1.63. The number of amides is 1. The number of aromatic nitrogens is 2. The third-order valence-electron chi connectivity index (χ3n) is 1.05. The first-order valence-corrected chi connectivity index (χ1v) is 2.78. The second-order valence-corrected chi connectivity index (χ2v) is 1.80. The molecule has 0 saturated carbocycles. The van der Waals surface area contributed by atoms with Gasteiger partial charge in [0.05, 0.1) is 6.33 Å². The Bertz CT molecular complexity index is 205. The lowest BCUT2D eigenvalue weighted by atomic mass is 10.6. The zero-order valence-corrected chi connectivity index (χ0v) is 5.32. The molecule has 5 heteroatoms. The first-order chi connectivity index (χ1) is 4.83. The van der Waals surface area contributed by atoms with Crippen molar-refractivity contribution in [2.45, 2.75) is 6.54 Å². The number of hydrogen-bond donors (Lipinski definition) is 2. The highest BCUT2D eigenvalue weighted by atomic mass is 16.2. The van der Waals surface area contributed by atoms with E-state index in [1.807, 2.05) is 5.43 Å². The van der Waals surface area contributed by atoms with Crippen LogP contribution in [0.1, 0.15) is 0 Å². The summed E-state index contributed by atoms with van der Waals surface area (Å²) in [5.41, 5.74) is 2.02. The topological polar surface area (TPSA) is 72.9 Å². The molecule has 0 fully saturated rings. The maximum Gasteiger partial charge on any atom is 0.253 e. The van der Waals surface area contributed by atoms with Crippen molar-refractivity contribution < 1.29 is 4.79 Å².